The van der Waals surface area contributed by atoms with Gasteiger partial charge in [0.05, 0.1) is 0 Å². The van der Waals surface area contributed by atoms with E-state index in [2.05, 4.69) is 10.5 Å². The third-order valence-electron chi connectivity index (χ3n) is 2.97. The molecule has 0 aliphatic carbocycles. The second kappa shape index (κ2) is 5.60. The van der Waals surface area contributed by atoms with Crippen LogP contribution in [0.15, 0.2) is 29.4 Å². The van der Waals surface area contributed by atoms with Gasteiger partial charge in [-0.2, -0.15) is 0 Å². The number of rotatable bonds is 4. The molecule has 0 bridgehead atoms. The van der Waals surface area contributed by atoms with E-state index in [4.69, 9.17) is 15.7 Å². The lowest BCUT2D eigenvalue weighted by Gasteiger charge is -2.16. The summed E-state index contributed by atoms with van der Waals surface area (Å²) in [6.45, 7) is 1.79. The summed E-state index contributed by atoms with van der Waals surface area (Å²) >= 11 is 0. The van der Waals surface area contributed by atoms with Crippen molar-refractivity contribution in [3.05, 3.63) is 29.8 Å². The Morgan fingerprint density at radius 1 is 1.63 bits per heavy atom. The van der Waals surface area contributed by atoms with Gasteiger partial charge >= 0.3 is 0 Å². The molecule has 102 valence electrons. The first-order chi connectivity index (χ1) is 9.10. The fourth-order valence-corrected chi connectivity index (χ4v) is 2.07. The van der Waals surface area contributed by atoms with E-state index >= 15 is 0 Å². The topological polar surface area (TPSA) is 96.9 Å². The third kappa shape index (κ3) is 3.15. The van der Waals surface area contributed by atoms with Gasteiger partial charge in [0.25, 0.3) is 5.91 Å². The summed E-state index contributed by atoms with van der Waals surface area (Å²) in [5.74, 6) is 0.657. The average molecular weight is 263 g/mol. The molecule has 2 atom stereocenters. The summed E-state index contributed by atoms with van der Waals surface area (Å²) in [6.07, 6.45) is 0.354. The number of hydrogen-bond acceptors (Lipinski definition) is 4. The van der Waals surface area contributed by atoms with Crippen molar-refractivity contribution in [1.82, 2.24) is 5.32 Å². The van der Waals surface area contributed by atoms with Crippen LogP contribution in [0.25, 0.3) is 0 Å². The number of benzene rings is 1. The molecule has 0 radical (unpaired) electrons. The van der Waals surface area contributed by atoms with E-state index < -0.39 is 6.10 Å². The van der Waals surface area contributed by atoms with Crippen molar-refractivity contribution < 1.29 is 14.7 Å². The van der Waals surface area contributed by atoms with Crippen LogP contribution in [0, 0.1) is 0 Å². The Labute approximate surface area is 111 Å². The quantitative estimate of drug-likeness (QED) is 0.321. The van der Waals surface area contributed by atoms with Gasteiger partial charge in [0.2, 0.25) is 0 Å². The molecule has 0 aromatic heterocycles. The smallest absolute Gasteiger partial charge is 0.261 e. The zero-order valence-electron chi connectivity index (χ0n) is 10.7. The summed E-state index contributed by atoms with van der Waals surface area (Å²) in [6, 6.07) is 7.38. The largest absolute Gasteiger partial charge is 0.480 e. The number of carbonyl (C=O) groups excluding carboxylic acids is 1. The fraction of sp³-hybridized carbons (Fsp3) is 0.385. The summed E-state index contributed by atoms with van der Waals surface area (Å²) < 4.78 is 5.58. The minimum Gasteiger partial charge on any atom is -0.480 e. The van der Waals surface area contributed by atoms with Crippen LogP contribution >= 0.6 is 0 Å². The minimum atomic E-state index is -0.507. The highest BCUT2D eigenvalue weighted by atomic mass is 16.5. The van der Waals surface area contributed by atoms with Crippen LogP contribution in [-0.2, 0) is 11.2 Å². The Bertz CT molecular complexity index is 477. The first kappa shape index (κ1) is 13.2. The number of carbonyl (C=O) groups is 1. The molecule has 0 fully saturated rings. The lowest BCUT2D eigenvalue weighted by atomic mass is 10.1. The molecule has 2 rings (SSSR count). The molecule has 1 aromatic carbocycles. The second-order valence-electron chi connectivity index (χ2n) is 4.62. The summed E-state index contributed by atoms with van der Waals surface area (Å²) in [5, 5.41) is 14.1. The molecule has 6 nitrogen and oxygen atoms in total. The molecule has 1 aliphatic heterocycles. The molecule has 1 heterocycles. The molecule has 1 aliphatic rings. The van der Waals surface area contributed by atoms with Crippen LogP contribution in [0.4, 0.5) is 0 Å². The predicted octanol–water partition coefficient (Wildman–Crippen LogP) is 0.631. The highest BCUT2D eigenvalue weighted by Gasteiger charge is 2.29. The summed E-state index contributed by atoms with van der Waals surface area (Å²) in [4.78, 5) is 12.0. The first-order valence-corrected chi connectivity index (χ1v) is 6.11. The zero-order chi connectivity index (χ0) is 13.8. The van der Waals surface area contributed by atoms with E-state index in [1.165, 1.54) is 0 Å². The molecule has 1 amide bonds. The second-order valence-corrected chi connectivity index (χ2v) is 4.62. The normalized spacial score (nSPS) is 19.4. The highest BCUT2D eigenvalue weighted by molar-refractivity contribution is 5.84. The number of amidine groups is 1. The number of nitrogens with zero attached hydrogens (tertiary/aromatic N) is 1. The molecular weight excluding hydrogens is 246 g/mol. The van der Waals surface area contributed by atoms with Crippen LogP contribution in [0.1, 0.15) is 18.9 Å². The van der Waals surface area contributed by atoms with Gasteiger partial charge in [0, 0.05) is 18.9 Å². The van der Waals surface area contributed by atoms with Gasteiger partial charge in [-0.05, 0) is 18.6 Å². The monoisotopic (exact) mass is 263 g/mol. The maximum atomic E-state index is 12.0. The van der Waals surface area contributed by atoms with Crippen molar-refractivity contribution >= 4 is 11.7 Å². The predicted molar refractivity (Wildman–Crippen MR) is 70.2 cm³/mol. The van der Waals surface area contributed by atoms with Crippen molar-refractivity contribution in [3.8, 4) is 5.75 Å². The number of nitrogens with two attached hydrogens (primary N) is 1. The minimum absolute atomic E-state index is 0.0865. The molecule has 19 heavy (non-hydrogen) atoms. The summed E-state index contributed by atoms with van der Waals surface area (Å²) in [5.41, 5.74) is 6.42. The van der Waals surface area contributed by atoms with Gasteiger partial charge in [0.1, 0.15) is 11.6 Å². The number of para-hydroxylation sites is 1. The van der Waals surface area contributed by atoms with Gasteiger partial charge in [-0.25, -0.2) is 0 Å². The molecule has 6 heteroatoms. The average Bonchev–Trinajstić information content (AvgIpc) is 2.82. The first-order valence-electron chi connectivity index (χ1n) is 6.11. The maximum absolute atomic E-state index is 12.0. The van der Waals surface area contributed by atoms with Gasteiger partial charge in [-0.1, -0.05) is 23.4 Å². The van der Waals surface area contributed by atoms with E-state index in [-0.39, 0.29) is 17.8 Å². The van der Waals surface area contributed by atoms with Crippen molar-refractivity contribution in [2.75, 3.05) is 0 Å². The van der Waals surface area contributed by atoms with Crippen molar-refractivity contribution in [2.24, 2.45) is 10.9 Å². The maximum Gasteiger partial charge on any atom is 0.261 e. The lowest BCUT2D eigenvalue weighted by molar-refractivity contribution is -0.127. The Hall–Kier alpha value is -2.24. The van der Waals surface area contributed by atoms with Crippen molar-refractivity contribution in [2.45, 2.75) is 31.9 Å². The Morgan fingerprint density at radius 3 is 3.05 bits per heavy atom. The zero-order valence-corrected chi connectivity index (χ0v) is 10.7. The number of hydrogen-bond donors (Lipinski definition) is 3. The number of fused-ring (bicyclic) bond motifs is 1. The Balaban J connectivity index is 1.89. The third-order valence-corrected chi connectivity index (χ3v) is 2.97. The van der Waals surface area contributed by atoms with Gasteiger partial charge in [-0.3, -0.25) is 4.79 Å². The molecule has 2 unspecified atom stereocenters. The van der Waals surface area contributed by atoms with Crippen LogP contribution < -0.4 is 15.8 Å². The van der Waals surface area contributed by atoms with E-state index in [1.54, 1.807) is 6.92 Å². The Kier molecular flexibility index (Phi) is 3.89. The van der Waals surface area contributed by atoms with E-state index in [1.807, 2.05) is 24.3 Å². The van der Waals surface area contributed by atoms with Gasteiger partial charge < -0.3 is 21.0 Å². The van der Waals surface area contributed by atoms with Gasteiger partial charge in [-0.15, -0.1) is 0 Å². The molecule has 0 saturated carbocycles. The number of oxime groups is 1. The van der Waals surface area contributed by atoms with Crippen molar-refractivity contribution in [3.63, 3.8) is 0 Å². The van der Waals surface area contributed by atoms with E-state index in [0.717, 1.165) is 11.3 Å². The molecule has 0 saturated heterocycles. The number of nitrogens with one attached hydrogen (secondary N) is 1. The molecule has 1 aromatic rings. The van der Waals surface area contributed by atoms with Gasteiger partial charge in [0.15, 0.2) is 6.10 Å². The van der Waals surface area contributed by atoms with Crippen molar-refractivity contribution in [1.29, 1.82) is 0 Å². The van der Waals surface area contributed by atoms with Crippen LogP contribution in [0.5, 0.6) is 5.75 Å². The Morgan fingerprint density at radius 2 is 2.37 bits per heavy atom. The number of ether oxygens (including phenoxy) is 1. The van der Waals surface area contributed by atoms with Crippen LogP contribution in [-0.4, -0.2) is 29.1 Å². The SMILES string of the molecule is CC(CC(N)=NO)NC(=O)C1Cc2ccccc2O1. The number of amides is 1. The molecular formula is C13H17N3O3. The van der Waals surface area contributed by atoms with E-state index in [0.29, 0.717) is 12.8 Å². The molecule has 0 spiro atoms. The lowest BCUT2D eigenvalue weighted by Crippen LogP contribution is -2.43. The highest BCUT2D eigenvalue weighted by Crippen LogP contribution is 2.28. The fourth-order valence-electron chi connectivity index (χ4n) is 2.07. The standard InChI is InChI=1S/C13H17N3O3/c1-8(6-12(14)16-18)15-13(17)11-7-9-4-2-3-5-10(9)19-11/h2-5,8,11,18H,6-7H2,1H3,(H2,14,16)(H,15,17). The van der Waals surface area contributed by atoms with Crippen LogP contribution in [0.3, 0.4) is 0 Å². The van der Waals surface area contributed by atoms with Crippen LogP contribution in [0.2, 0.25) is 0 Å². The molecule has 4 N–H and O–H groups in total. The summed E-state index contributed by atoms with van der Waals surface area (Å²) in [7, 11) is 0. The van der Waals surface area contributed by atoms with E-state index in [9.17, 15) is 4.79 Å².